The Morgan fingerprint density at radius 3 is 2.92 bits per heavy atom. The summed E-state index contributed by atoms with van der Waals surface area (Å²) >= 11 is 4.93. The fraction of sp³-hybridized carbons (Fsp3) is 0. The minimum Gasteiger partial charge on any atom is -0.398 e. The number of thiophene rings is 1. The van der Waals surface area contributed by atoms with Crippen molar-refractivity contribution in [1.82, 2.24) is 0 Å². The SMILES string of the molecule is Nc1ccc2c(Br)csc2c1C=O. The van der Waals surface area contributed by atoms with E-state index in [0.29, 0.717) is 11.3 Å². The van der Waals surface area contributed by atoms with Crippen LogP contribution < -0.4 is 5.73 Å². The molecule has 1 aromatic heterocycles. The lowest BCUT2D eigenvalue weighted by molar-refractivity contribution is 0.112. The molecule has 0 amide bonds. The number of benzene rings is 1. The standard InChI is InChI=1S/C9H6BrNOS/c10-7-4-13-9-5(7)1-2-8(11)6(9)3-12/h1-4H,11H2. The van der Waals surface area contributed by atoms with Gasteiger partial charge in [-0.25, -0.2) is 0 Å². The maximum absolute atomic E-state index is 10.8. The molecule has 13 heavy (non-hydrogen) atoms. The summed E-state index contributed by atoms with van der Waals surface area (Å²) in [7, 11) is 0. The van der Waals surface area contributed by atoms with Gasteiger partial charge < -0.3 is 5.73 Å². The summed E-state index contributed by atoms with van der Waals surface area (Å²) in [5, 5.41) is 3.00. The molecule has 0 saturated carbocycles. The van der Waals surface area contributed by atoms with Crippen LogP contribution in [0, 0.1) is 0 Å². The minimum atomic E-state index is 0.539. The lowest BCUT2D eigenvalue weighted by Crippen LogP contribution is -1.91. The molecular formula is C9H6BrNOS. The lowest BCUT2D eigenvalue weighted by Gasteiger charge is -1.98. The average molecular weight is 256 g/mol. The third kappa shape index (κ3) is 1.26. The average Bonchev–Trinajstić information content (AvgIpc) is 2.48. The molecule has 0 aliphatic rings. The molecule has 0 bridgehead atoms. The Bertz CT molecular complexity index is 478. The van der Waals surface area contributed by atoms with Crippen LogP contribution >= 0.6 is 27.3 Å². The van der Waals surface area contributed by atoms with E-state index >= 15 is 0 Å². The monoisotopic (exact) mass is 255 g/mol. The van der Waals surface area contributed by atoms with Crippen LogP contribution in [0.4, 0.5) is 5.69 Å². The minimum absolute atomic E-state index is 0.539. The zero-order valence-electron chi connectivity index (χ0n) is 6.58. The number of anilines is 1. The van der Waals surface area contributed by atoms with E-state index in [1.165, 1.54) is 11.3 Å². The van der Waals surface area contributed by atoms with E-state index in [-0.39, 0.29) is 0 Å². The molecule has 0 unspecified atom stereocenters. The third-order valence-electron chi connectivity index (χ3n) is 1.89. The van der Waals surface area contributed by atoms with E-state index in [1.807, 2.05) is 11.4 Å². The van der Waals surface area contributed by atoms with Crippen LogP contribution in [0.3, 0.4) is 0 Å². The Kier molecular flexibility index (Phi) is 2.09. The van der Waals surface area contributed by atoms with Gasteiger partial charge in [0.1, 0.15) is 0 Å². The van der Waals surface area contributed by atoms with Crippen molar-refractivity contribution in [3.8, 4) is 0 Å². The van der Waals surface area contributed by atoms with Crippen LogP contribution in [0.25, 0.3) is 10.1 Å². The molecule has 0 atom stereocenters. The molecule has 0 aliphatic heterocycles. The van der Waals surface area contributed by atoms with Crippen molar-refractivity contribution in [3.05, 3.63) is 27.5 Å². The van der Waals surface area contributed by atoms with E-state index in [9.17, 15) is 4.79 Å². The van der Waals surface area contributed by atoms with Crippen molar-refractivity contribution in [1.29, 1.82) is 0 Å². The molecule has 1 heterocycles. The summed E-state index contributed by atoms with van der Waals surface area (Å²) in [6.07, 6.45) is 0.806. The summed E-state index contributed by atoms with van der Waals surface area (Å²) in [6.45, 7) is 0. The first-order valence-corrected chi connectivity index (χ1v) is 5.31. The van der Waals surface area contributed by atoms with Crippen molar-refractivity contribution in [2.45, 2.75) is 0 Å². The highest BCUT2D eigenvalue weighted by atomic mass is 79.9. The number of hydrogen-bond donors (Lipinski definition) is 1. The Morgan fingerprint density at radius 2 is 2.23 bits per heavy atom. The number of halogens is 1. The highest BCUT2D eigenvalue weighted by Crippen LogP contribution is 2.34. The number of rotatable bonds is 1. The molecule has 0 aliphatic carbocycles. The Morgan fingerprint density at radius 1 is 1.46 bits per heavy atom. The van der Waals surface area contributed by atoms with Gasteiger partial charge in [-0.3, -0.25) is 4.79 Å². The van der Waals surface area contributed by atoms with E-state index in [1.54, 1.807) is 6.07 Å². The largest absolute Gasteiger partial charge is 0.398 e. The number of nitrogen functional groups attached to an aromatic ring is 1. The molecule has 4 heteroatoms. The fourth-order valence-electron chi connectivity index (χ4n) is 1.23. The van der Waals surface area contributed by atoms with E-state index < -0.39 is 0 Å². The molecule has 0 saturated heterocycles. The van der Waals surface area contributed by atoms with Gasteiger partial charge in [0, 0.05) is 25.6 Å². The molecule has 0 fully saturated rings. The molecule has 2 N–H and O–H groups in total. The predicted octanol–water partition coefficient (Wildman–Crippen LogP) is 3.06. The highest BCUT2D eigenvalue weighted by Gasteiger charge is 2.08. The van der Waals surface area contributed by atoms with E-state index in [0.717, 1.165) is 20.8 Å². The van der Waals surface area contributed by atoms with Gasteiger partial charge in [-0.05, 0) is 22.0 Å². The summed E-state index contributed by atoms with van der Waals surface area (Å²) in [5.41, 5.74) is 6.80. The first kappa shape index (κ1) is 8.72. The third-order valence-corrected chi connectivity index (χ3v) is 3.87. The topological polar surface area (TPSA) is 43.1 Å². The predicted molar refractivity (Wildman–Crippen MR) is 59.3 cm³/mol. The number of hydrogen-bond acceptors (Lipinski definition) is 3. The molecule has 2 nitrogen and oxygen atoms in total. The molecule has 1 aromatic carbocycles. The maximum Gasteiger partial charge on any atom is 0.153 e. The van der Waals surface area contributed by atoms with Gasteiger partial charge in [0.15, 0.2) is 6.29 Å². The van der Waals surface area contributed by atoms with Crippen molar-refractivity contribution in [2.75, 3.05) is 5.73 Å². The zero-order valence-corrected chi connectivity index (χ0v) is 8.98. The van der Waals surface area contributed by atoms with Gasteiger partial charge >= 0.3 is 0 Å². The Labute approximate surface area is 87.5 Å². The second kappa shape index (κ2) is 3.12. The van der Waals surface area contributed by atoms with Crippen LogP contribution in [0.2, 0.25) is 0 Å². The van der Waals surface area contributed by atoms with Gasteiger partial charge in [-0.2, -0.15) is 0 Å². The smallest absolute Gasteiger partial charge is 0.153 e. The molecule has 2 rings (SSSR count). The van der Waals surface area contributed by atoms with Gasteiger partial charge in [0.2, 0.25) is 0 Å². The quantitative estimate of drug-likeness (QED) is 0.629. The normalized spacial score (nSPS) is 10.5. The second-order valence-corrected chi connectivity index (χ2v) is 4.38. The Hall–Kier alpha value is -0.870. The van der Waals surface area contributed by atoms with Crippen LogP contribution in [0.1, 0.15) is 10.4 Å². The van der Waals surface area contributed by atoms with Gasteiger partial charge in [0.25, 0.3) is 0 Å². The molecule has 2 aromatic rings. The van der Waals surface area contributed by atoms with Crippen LogP contribution in [0.15, 0.2) is 22.0 Å². The first-order valence-electron chi connectivity index (χ1n) is 3.64. The summed E-state index contributed by atoms with van der Waals surface area (Å²) in [5.74, 6) is 0. The van der Waals surface area contributed by atoms with Gasteiger partial charge in [-0.1, -0.05) is 6.07 Å². The van der Waals surface area contributed by atoms with Crippen molar-refractivity contribution >= 4 is 49.3 Å². The molecule has 0 spiro atoms. The summed E-state index contributed by atoms with van der Waals surface area (Å²) in [6, 6.07) is 3.67. The lowest BCUT2D eigenvalue weighted by atomic mass is 10.1. The van der Waals surface area contributed by atoms with Crippen molar-refractivity contribution in [2.24, 2.45) is 0 Å². The molecule has 66 valence electrons. The molecule has 0 radical (unpaired) electrons. The first-order chi connectivity index (χ1) is 6.24. The number of nitrogens with two attached hydrogens (primary N) is 1. The van der Waals surface area contributed by atoms with Crippen LogP contribution in [-0.4, -0.2) is 6.29 Å². The van der Waals surface area contributed by atoms with Crippen LogP contribution in [0.5, 0.6) is 0 Å². The maximum atomic E-state index is 10.8. The second-order valence-electron chi connectivity index (χ2n) is 2.65. The number of carbonyl (C=O) groups is 1. The molecular weight excluding hydrogens is 250 g/mol. The van der Waals surface area contributed by atoms with E-state index in [4.69, 9.17) is 5.73 Å². The van der Waals surface area contributed by atoms with Crippen LogP contribution in [-0.2, 0) is 0 Å². The summed E-state index contributed by atoms with van der Waals surface area (Å²) in [4.78, 5) is 10.8. The zero-order chi connectivity index (χ0) is 9.42. The van der Waals surface area contributed by atoms with Crippen molar-refractivity contribution < 1.29 is 4.79 Å². The fourth-order valence-corrected chi connectivity index (χ4v) is 2.91. The van der Waals surface area contributed by atoms with Gasteiger partial charge in [-0.15, -0.1) is 11.3 Å². The summed E-state index contributed by atoms with van der Waals surface area (Å²) < 4.78 is 1.96. The number of fused-ring (bicyclic) bond motifs is 1. The van der Waals surface area contributed by atoms with Gasteiger partial charge in [0.05, 0.1) is 5.56 Å². The highest BCUT2D eigenvalue weighted by molar-refractivity contribution is 9.10. The number of aldehydes is 1. The number of carbonyl (C=O) groups excluding carboxylic acids is 1. The Balaban J connectivity index is 2.92. The van der Waals surface area contributed by atoms with Crippen molar-refractivity contribution in [3.63, 3.8) is 0 Å². The van der Waals surface area contributed by atoms with E-state index in [2.05, 4.69) is 15.9 Å².